The molecule has 1 fully saturated rings. The first-order chi connectivity index (χ1) is 8.16. The molecule has 0 aromatic heterocycles. The number of piperidine rings is 1. The van der Waals surface area contributed by atoms with Crippen LogP contribution in [0.1, 0.15) is 19.3 Å². The molecule has 0 radical (unpaired) electrons. The molecule has 1 rings (SSSR count). The smallest absolute Gasteiger partial charge is 0.326 e. The van der Waals surface area contributed by atoms with Gasteiger partial charge < -0.3 is 20.1 Å². The first kappa shape index (κ1) is 13.9. The lowest BCUT2D eigenvalue weighted by atomic mass is 10.0. The maximum Gasteiger partial charge on any atom is 0.326 e. The summed E-state index contributed by atoms with van der Waals surface area (Å²) >= 11 is 0. The first-order valence-electron chi connectivity index (χ1n) is 5.88. The van der Waals surface area contributed by atoms with E-state index >= 15 is 0 Å². The van der Waals surface area contributed by atoms with Crippen molar-refractivity contribution in [1.29, 1.82) is 0 Å². The lowest BCUT2D eigenvalue weighted by Gasteiger charge is -2.33. The molecule has 98 valence electrons. The summed E-state index contributed by atoms with van der Waals surface area (Å²) in [7, 11) is 1.59. The predicted octanol–water partition coefficient (Wildman–Crippen LogP) is -0.312. The summed E-state index contributed by atoms with van der Waals surface area (Å²) in [5.74, 6) is -1.05. The molecule has 17 heavy (non-hydrogen) atoms. The zero-order chi connectivity index (χ0) is 12.7. The van der Waals surface area contributed by atoms with E-state index in [2.05, 4.69) is 5.32 Å². The number of carboxylic acid groups (broad SMARTS) is 1. The van der Waals surface area contributed by atoms with E-state index in [0.29, 0.717) is 26.1 Å². The fourth-order valence-electron chi connectivity index (χ4n) is 1.96. The number of ether oxygens (including phenoxy) is 1. The summed E-state index contributed by atoms with van der Waals surface area (Å²) in [6.45, 7) is 1.85. The molecular formula is C11H20N2O4. The van der Waals surface area contributed by atoms with Crippen molar-refractivity contribution in [2.75, 3.05) is 33.4 Å². The van der Waals surface area contributed by atoms with Crippen LogP contribution in [0.4, 0.5) is 0 Å². The second kappa shape index (κ2) is 7.24. The van der Waals surface area contributed by atoms with Crippen molar-refractivity contribution in [3.05, 3.63) is 0 Å². The summed E-state index contributed by atoms with van der Waals surface area (Å²) < 4.78 is 4.85. The quantitative estimate of drug-likeness (QED) is 0.626. The van der Waals surface area contributed by atoms with E-state index in [4.69, 9.17) is 9.84 Å². The number of likely N-dealkylation sites (tertiary alicyclic amines) is 1. The van der Waals surface area contributed by atoms with Gasteiger partial charge in [-0.2, -0.15) is 0 Å². The third kappa shape index (κ3) is 4.32. The highest BCUT2D eigenvalue weighted by Crippen LogP contribution is 2.16. The Morgan fingerprint density at radius 2 is 2.24 bits per heavy atom. The Morgan fingerprint density at radius 1 is 1.47 bits per heavy atom. The molecule has 0 saturated carbocycles. The van der Waals surface area contributed by atoms with Crippen LogP contribution < -0.4 is 5.32 Å². The molecule has 1 atom stereocenters. The van der Waals surface area contributed by atoms with Crippen molar-refractivity contribution in [1.82, 2.24) is 10.2 Å². The topological polar surface area (TPSA) is 78.9 Å². The molecular weight excluding hydrogens is 224 g/mol. The van der Waals surface area contributed by atoms with Crippen LogP contribution in [0.15, 0.2) is 0 Å². The number of hydrogen-bond donors (Lipinski definition) is 2. The highest BCUT2D eigenvalue weighted by Gasteiger charge is 2.31. The van der Waals surface area contributed by atoms with E-state index in [-0.39, 0.29) is 12.5 Å². The number of nitrogens with zero attached hydrogens (tertiary/aromatic N) is 1. The summed E-state index contributed by atoms with van der Waals surface area (Å²) in [5, 5.41) is 12.0. The fraction of sp³-hybridized carbons (Fsp3) is 0.818. The van der Waals surface area contributed by atoms with Gasteiger partial charge in [-0.15, -0.1) is 0 Å². The molecule has 6 heteroatoms. The minimum absolute atomic E-state index is 0.145. The molecule has 1 saturated heterocycles. The van der Waals surface area contributed by atoms with E-state index in [1.807, 2.05) is 0 Å². The van der Waals surface area contributed by atoms with Gasteiger partial charge in [-0.05, 0) is 19.3 Å². The van der Waals surface area contributed by atoms with E-state index in [1.54, 1.807) is 7.11 Å². The normalized spacial score (nSPS) is 20.3. The molecule has 1 amide bonds. The van der Waals surface area contributed by atoms with E-state index in [1.165, 1.54) is 4.90 Å². The van der Waals surface area contributed by atoms with Crippen LogP contribution in [-0.2, 0) is 14.3 Å². The van der Waals surface area contributed by atoms with Gasteiger partial charge in [-0.3, -0.25) is 4.79 Å². The second-order valence-electron chi connectivity index (χ2n) is 4.11. The zero-order valence-corrected chi connectivity index (χ0v) is 10.1. The standard InChI is InChI=1S/C11H20N2O4/c1-17-7-5-12-8-10(14)13-6-3-2-4-9(13)11(15)16/h9,12H,2-8H2,1H3,(H,15,16)/t9-/m1/s1. The van der Waals surface area contributed by atoms with Crippen molar-refractivity contribution >= 4 is 11.9 Å². The molecule has 1 heterocycles. The van der Waals surface area contributed by atoms with Gasteiger partial charge in [-0.25, -0.2) is 4.79 Å². The number of hydrogen-bond acceptors (Lipinski definition) is 4. The van der Waals surface area contributed by atoms with Gasteiger partial charge in [0.2, 0.25) is 5.91 Å². The van der Waals surface area contributed by atoms with Crippen molar-refractivity contribution in [2.45, 2.75) is 25.3 Å². The lowest BCUT2D eigenvalue weighted by molar-refractivity contribution is -0.151. The van der Waals surface area contributed by atoms with Crippen LogP contribution in [0.25, 0.3) is 0 Å². The van der Waals surface area contributed by atoms with Crippen LogP contribution in [0.3, 0.4) is 0 Å². The zero-order valence-electron chi connectivity index (χ0n) is 10.1. The molecule has 1 aliphatic rings. The number of carbonyl (C=O) groups is 2. The van der Waals surface area contributed by atoms with Gasteiger partial charge in [0, 0.05) is 20.2 Å². The number of methoxy groups -OCH3 is 1. The van der Waals surface area contributed by atoms with Crippen molar-refractivity contribution in [2.24, 2.45) is 0 Å². The molecule has 0 bridgehead atoms. The van der Waals surface area contributed by atoms with E-state index in [9.17, 15) is 9.59 Å². The third-order valence-corrected chi connectivity index (χ3v) is 2.87. The maximum atomic E-state index is 11.8. The van der Waals surface area contributed by atoms with Gasteiger partial charge in [0.05, 0.1) is 13.2 Å². The van der Waals surface area contributed by atoms with Crippen LogP contribution in [0.5, 0.6) is 0 Å². The summed E-state index contributed by atoms with van der Waals surface area (Å²) in [6, 6.07) is -0.652. The van der Waals surface area contributed by atoms with Gasteiger partial charge in [0.15, 0.2) is 0 Å². The Hall–Kier alpha value is -1.14. The van der Waals surface area contributed by atoms with Crippen LogP contribution in [0.2, 0.25) is 0 Å². The number of nitrogens with one attached hydrogen (secondary N) is 1. The van der Waals surface area contributed by atoms with Crippen molar-refractivity contribution in [3.8, 4) is 0 Å². The number of rotatable bonds is 6. The Labute approximate surface area is 101 Å². The van der Waals surface area contributed by atoms with Gasteiger partial charge in [-0.1, -0.05) is 0 Å². The molecule has 0 aromatic carbocycles. The monoisotopic (exact) mass is 244 g/mol. The molecule has 0 aliphatic carbocycles. The minimum atomic E-state index is -0.907. The molecule has 6 nitrogen and oxygen atoms in total. The maximum absolute atomic E-state index is 11.8. The summed E-state index contributed by atoms with van der Waals surface area (Å²) in [6.07, 6.45) is 2.31. The Morgan fingerprint density at radius 3 is 2.88 bits per heavy atom. The SMILES string of the molecule is COCCNCC(=O)N1CCCC[C@@H]1C(=O)O. The summed E-state index contributed by atoms with van der Waals surface area (Å²) in [4.78, 5) is 24.3. The number of aliphatic carboxylic acids is 1. The van der Waals surface area contributed by atoms with Gasteiger partial charge in [0.1, 0.15) is 6.04 Å². The van der Waals surface area contributed by atoms with Gasteiger partial charge in [0.25, 0.3) is 0 Å². The van der Waals surface area contributed by atoms with Crippen LogP contribution in [0, 0.1) is 0 Å². The highest BCUT2D eigenvalue weighted by atomic mass is 16.5. The Bertz CT molecular complexity index is 270. The number of amides is 1. The van der Waals surface area contributed by atoms with Crippen LogP contribution >= 0.6 is 0 Å². The average Bonchev–Trinajstić information content (AvgIpc) is 2.34. The van der Waals surface area contributed by atoms with Crippen LogP contribution in [-0.4, -0.2) is 61.3 Å². The highest BCUT2D eigenvalue weighted by molar-refractivity contribution is 5.85. The Kier molecular flexibility index (Phi) is 5.93. The lowest BCUT2D eigenvalue weighted by Crippen LogP contribution is -2.50. The molecule has 0 aromatic rings. The molecule has 0 unspecified atom stereocenters. The number of carboxylic acids is 1. The van der Waals surface area contributed by atoms with E-state index in [0.717, 1.165) is 12.8 Å². The van der Waals surface area contributed by atoms with Crippen molar-refractivity contribution < 1.29 is 19.4 Å². The molecule has 0 spiro atoms. The van der Waals surface area contributed by atoms with Crippen molar-refractivity contribution in [3.63, 3.8) is 0 Å². The minimum Gasteiger partial charge on any atom is -0.480 e. The van der Waals surface area contributed by atoms with E-state index < -0.39 is 12.0 Å². The second-order valence-corrected chi connectivity index (χ2v) is 4.11. The third-order valence-electron chi connectivity index (χ3n) is 2.87. The van der Waals surface area contributed by atoms with Gasteiger partial charge >= 0.3 is 5.97 Å². The average molecular weight is 244 g/mol. The fourth-order valence-corrected chi connectivity index (χ4v) is 1.96. The number of carbonyl (C=O) groups excluding carboxylic acids is 1. The predicted molar refractivity (Wildman–Crippen MR) is 61.7 cm³/mol. The molecule has 2 N–H and O–H groups in total. The molecule has 1 aliphatic heterocycles. The largest absolute Gasteiger partial charge is 0.480 e. The summed E-state index contributed by atoms with van der Waals surface area (Å²) in [5.41, 5.74) is 0. The Balaban J connectivity index is 2.39. The first-order valence-corrected chi connectivity index (χ1v) is 5.88.